The minimum absolute atomic E-state index is 0.168. The second kappa shape index (κ2) is 6.33. The van der Waals surface area contributed by atoms with Gasteiger partial charge in [-0.2, -0.15) is 12.6 Å². The van der Waals surface area contributed by atoms with E-state index in [1.807, 2.05) is 6.08 Å². The van der Waals surface area contributed by atoms with E-state index in [-0.39, 0.29) is 6.42 Å². The van der Waals surface area contributed by atoms with Gasteiger partial charge in [-0.25, -0.2) is 4.39 Å². The number of carboxylic acid groups (broad SMARTS) is 1. The van der Waals surface area contributed by atoms with Crippen LogP contribution in [0.5, 0.6) is 0 Å². The van der Waals surface area contributed by atoms with Gasteiger partial charge in [0.25, 0.3) is 0 Å². The van der Waals surface area contributed by atoms with Crippen molar-refractivity contribution in [3.63, 3.8) is 0 Å². The van der Waals surface area contributed by atoms with Gasteiger partial charge < -0.3 is 5.11 Å². The number of aliphatic carboxylic acids is 1. The van der Waals surface area contributed by atoms with Crippen LogP contribution >= 0.6 is 12.6 Å². The van der Waals surface area contributed by atoms with Crippen LogP contribution in [0.1, 0.15) is 17.5 Å². The van der Waals surface area contributed by atoms with Crippen LogP contribution in [0.4, 0.5) is 4.39 Å². The topological polar surface area (TPSA) is 37.3 Å². The zero-order valence-corrected chi connectivity index (χ0v) is 9.58. The Bertz CT molecular complexity index is 402. The van der Waals surface area contributed by atoms with E-state index in [0.717, 1.165) is 17.7 Å². The molecule has 0 aliphatic rings. The maximum atomic E-state index is 13.0. The van der Waals surface area contributed by atoms with Crippen molar-refractivity contribution in [3.8, 4) is 0 Å². The fourth-order valence-corrected chi connectivity index (χ4v) is 1.49. The Morgan fingerprint density at radius 2 is 2.25 bits per heavy atom. The molecule has 0 bridgehead atoms. The average Bonchev–Trinajstić information content (AvgIpc) is 2.20. The zero-order chi connectivity index (χ0) is 12.0. The molecule has 0 amide bonds. The molecule has 0 radical (unpaired) electrons. The van der Waals surface area contributed by atoms with Gasteiger partial charge in [0.2, 0.25) is 0 Å². The van der Waals surface area contributed by atoms with Crippen LogP contribution < -0.4 is 0 Å². The van der Waals surface area contributed by atoms with Crippen LogP contribution in [0.25, 0.3) is 6.08 Å². The number of halogens is 1. The summed E-state index contributed by atoms with van der Waals surface area (Å²) >= 11 is 4.06. The van der Waals surface area contributed by atoms with Crippen molar-refractivity contribution in [2.45, 2.75) is 12.8 Å². The van der Waals surface area contributed by atoms with Gasteiger partial charge in [-0.1, -0.05) is 18.2 Å². The van der Waals surface area contributed by atoms with Crippen LogP contribution in [0.15, 0.2) is 24.3 Å². The Kier molecular flexibility index (Phi) is 5.05. The van der Waals surface area contributed by atoms with E-state index in [1.165, 1.54) is 12.1 Å². The molecule has 86 valence electrons. The molecular weight excluding hydrogens is 227 g/mol. The number of benzene rings is 1. The molecule has 1 N–H and O–H groups in total. The van der Waals surface area contributed by atoms with Gasteiger partial charge >= 0.3 is 5.97 Å². The Morgan fingerprint density at radius 1 is 1.50 bits per heavy atom. The van der Waals surface area contributed by atoms with E-state index in [9.17, 15) is 9.18 Å². The highest BCUT2D eigenvalue weighted by Crippen LogP contribution is 2.14. The lowest BCUT2D eigenvalue weighted by molar-refractivity contribution is -0.136. The summed E-state index contributed by atoms with van der Waals surface area (Å²) in [6, 6.07) is 4.17. The predicted molar refractivity (Wildman–Crippen MR) is 65.2 cm³/mol. The van der Waals surface area contributed by atoms with E-state index in [4.69, 9.17) is 5.11 Å². The van der Waals surface area contributed by atoms with Crippen molar-refractivity contribution in [2.24, 2.45) is 0 Å². The molecule has 0 heterocycles. The second-order valence-corrected chi connectivity index (χ2v) is 3.78. The number of hydrogen-bond acceptors (Lipinski definition) is 2. The maximum absolute atomic E-state index is 13.0. The first-order valence-electron chi connectivity index (χ1n) is 4.91. The highest BCUT2D eigenvalue weighted by molar-refractivity contribution is 7.80. The molecule has 1 aromatic carbocycles. The fraction of sp³-hybridized carbons (Fsp3) is 0.250. The molecule has 0 saturated carbocycles. The molecule has 0 atom stereocenters. The summed E-state index contributed by atoms with van der Waals surface area (Å²) in [5, 5.41) is 8.70. The number of carboxylic acids is 1. The van der Waals surface area contributed by atoms with Gasteiger partial charge in [-0.05, 0) is 35.4 Å². The van der Waals surface area contributed by atoms with E-state index in [1.54, 1.807) is 12.1 Å². The minimum atomic E-state index is -0.963. The highest BCUT2D eigenvalue weighted by Gasteiger charge is 2.06. The van der Waals surface area contributed by atoms with Gasteiger partial charge in [0.15, 0.2) is 0 Å². The van der Waals surface area contributed by atoms with Gasteiger partial charge in [-0.15, -0.1) is 0 Å². The van der Waals surface area contributed by atoms with Gasteiger partial charge in [-0.3, -0.25) is 4.79 Å². The summed E-state index contributed by atoms with van der Waals surface area (Å²) in [5.41, 5.74) is 1.23. The minimum Gasteiger partial charge on any atom is -0.481 e. The predicted octanol–water partition coefficient (Wildman–Crippen LogP) is 2.79. The lowest BCUT2D eigenvalue weighted by Crippen LogP contribution is -2.02. The van der Waals surface area contributed by atoms with Crippen LogP contribution in [-0.2, 0) is 11.2 Å². The SMILES string of the molecule is O=C(O)Cc1cc(F)ccc1C=CCCS. The first-order chi connectivity index (χ1) is 7.63. The van der Waals surface area contributed by atoms with Gasteiger partial charge in [0.1, 0.15) is 5.82 Å². The highest BCUT2D eigenvalue weighted by atomic mass is 32.1. The molecule has 1 rings (SSSR count). The number of hydrogen-bond donors (Lipinski definition) is 2. The van der Waals surface area contributed by atoms with E-state index < -0.39 is 11.8 Å². The molecular formula is C12H13FO2S. The van der Waals surface area contributed by atoms with Crippen LogP contribution in [0.2, 0.25) is 0 Å². The molecule has 1 aromatic rings. The summed E-state index contributed by atoms with van der Waals surface area (Å²) in [4.78, 5) is 10.6. The third kappa shape index (κ3) is 4.06. The first kappa shape index (κ1) is 12.8. The number of rotatable bonds is 5. The fourth-order valence-electron chi connectivity index (χ4n) is 1.34. The molecule has 16 heavy (non-hydrogen) atoms. The summed E-state index contributed by atoms with van der Waals surface area (Å²) in [7, 11) is 0. The number of carbonyl (C=O) groups is 1. The zero-order valence-electron chi connectivity index (χ0n) is 8.69. The third-order valence-corrected chi connectivity index (χ3v) is 2.30. The Balaban J connectivity index is 2.93. The van der Waals surface area contributed by atoms with Crippen molar-refractivity contribution in [1.82, 2.24) is 0 Å². The van der Waals surface area contributed by atoms with E-state index in [0.29, 0.717) is 5.56 Å². The number of allylic oxidation sites excluding steroid dienone is 1. The van der Waals surface area contributed by atoms with Crippen molar-refractivity contribution < 1.29 is 14.3 Å². The Morgan fingerprint density at radius 3 is 2.88 bits per heavy atom. The Hall–Kier alpha value is -1.29. The first-order valence-corrected chi connectivity index (χ1v) is 5.54. The molecule has 4 heteroatoms. The lowest BCUT2D eigenvalue weighted by Gasteiger charge is -2.03. The summed E-state index contributed by atoms with van der Waals surface area (Å²) in [5.74, 6) is -0.650. The van der Waals surface area contributed by atoms with Crippen molar-refractivity contribution in [1.29, 1.82) is 0 Å². The molecule has 2 nitrogen and oxygen atoms in total. The van der Waals surface area contributed by atoms with E-state index >= 15 is 0 Å². The van der Waals surface area contributed by atoms with Crippen LogP contribution in [0, 0.1) is 5.82 Å². The quantitative estimate of drug-likeness (QED) is 0.776. The third-order valence-electron chi connectivity index (χ3n) is 2.04. The summed E-state index contributed by atoms with van der Waals surface area (Å²) in [6.07, 6.45) is 4.32. The van der Waals surface area contributed by atoms with Crippen molar-refractivity contribution in [3.05, 3.63) is 41.2 Å². The van der Waals surface area contributed by atoms with Crippen molar-refractivity contribution >= 4 is 24.7 Å². The van der Waals surface area contributed by atoms with Crippen LogP contribution in [0.3, 0.4) is 0 Å². The average molecular weight is 240 g/mol. The molecule has 0 aliphatic carbocycles. The molecule has 0 unspecified atom stereocenters. The summed E-state index contributed by atoms with van der Waals surface area (Å²) < 4.78 is 13.0. The molecule has 0 fully saturated rings. The second-order valence-electron chi connectivity index (χ2n) is 3.33. The normalized spacial score (nSPS) is 10.9. The Labute approximate surface area is 99.2 Å². The smallest absolute Gasteiger partial charge is 0.307 e. The molecule has 0 aromatic heterocycles. The molecule has 0 saturated heterocycles. The maximum Gasteiger partial charge on any atom is 0.307 e. The van der Waals surface area contributed by atoms with Crippen molar-refractivity contribution in [2.75, 3.05) is 5.75 Å². The van der Waals surface area contributed by atoms with E-state index in [2.05, 4.69) is 12.6 Å². The number of thiol groups is 1. The summed E-state index contributed by atoms with van der Waals surface area (Å²) in [6.45, 7) is 0. The molecule has 0 spiro atoms. The van der Waals surface area contributed by atoms with Crippen LogP contribution in [-0.4, -0.2) is 16.8 Å². The standard InChI is InChI=1S/C12H13FO2S/c13-11-5-4-9(3-1-2-6-16)10(7-11)8-12(14)15/h1,3-5,7,16H,2,6,8H2,(H,14,15). The lowest BCUT2D eigenvalue weighted by atomic mass is 10.0. The molecule has 0 aliphatic heterocycles. The van der Waals surface area contributed by atoms with Gasteiger partial charge in [0.05, 0.1) is 6.42 Å². The monoisotopic (exact) mass is 240 g/mol. The largest absolute Gasteiger partial charge is 0.481 e. The van der Waals surface area contributed by atoms with Gasteiger partial charge in [0, 0.05) is 0 Å².